The highest BCUT2D eigenvalue weighted by atomic mass is 35.5. The van der Waals surface area contributed by atoms with Crippen LogP contribution in [0.4, 0.5) is 0 Å². The maximum Gasteiger partial charge on any atom is 0.238 e. The molecule has 0 aliphatic carbocycles. The van der Waals surface area contributed by atoms with Gasteiger partial charge in [0.2, 0.25) is 5.88 Å². The quantitative estimate of drug-likeness (QED) is 0.694. The Bertz CT molecular complexity index is 1040. The van der Waals surface area contributed by atoms with Crippen LogP contribution < -0.4 is 10.2 Å². The first-order chi connectivity index (χ1) is 13.5. The van der Waals surface area contributed by atoms with Gasteiger partial charge in [0.25, 0.3) is 0 Å². The zero-order valence-electron chi connectivity index (χ0n) is 15.1. The maximum absolute atomic E-state index is 6.13. The zero-order valence-corrected chi connectivity index (χ0v) is 16.6. The van der Waals surface area contributed by atoms with Crippen molar-refractivity contribution in [3.05, 3.63) is 70.4 Å². The summed E-state index contributed by atoms with van der Waals surface area (Å²) < 4.78 is 7.18. The highest BCUT2D eigenvalue weighted by molar-refractivity contribution is 6.30. The Hall–Kier alpha value is -2.61. The molecule has 144 valence electrons. The third kappa shape index (κ3) is 3.69. The van der Waals surface area contributed by atoms with E-state index >= 15 is 0 Å². The van der Waals surface area contributed by atoms with Gasteiger partial charge in [-0.1, -0.05) is 35.3 Å². The number of amidine groups is 1. The number of hydrogen-bond acceptors (Lipinski definition) is 6. The van der Waals surface area contributed by atoms with Gasteiger partial charge in [-0.25, -0.2) is 15.4 Å². The van der Waals surface area contributed by atoms with Crippen LogP contribution in [0.2, 0.25) is 10.2 Å². The van der Waals surface area contributed by atoms with Crippen molar-refractivity contribution in [3.63, 3.8) is 0 Å². The van der Waals surface area contributed by atoms with Gasteiger partial charge in [0.05, 0.1) is 7.11 Å². The van der Waals surface area contributed by atoms with Crippen molar-refractivity contribution < 1.29 is 9.57 Å². The first-order valence-electron chi connectivity index (χ1n) is 8.55. The van der Waals surface area contributed by atoms with Crippen LogP contribution in [0.25, 0.3) is 5.69 Å². The third-order valence-corrected chi connectivity index (χ3v) is 4.78. The van der Waals surface area contributed by atoms with Crippen LogP contribution in [0, 0.1) is 0 Å². The van der Waals surface area contributed by atoms with Crippen LogP contribution in [0.1, 0.15) is 24.2 Å². The van der Waals surface area contributed by atoms with Crippen molar-refractivity contribution in [2.45, 2.75) is 19.1 Å². The fourth-order valence-electron chi connectivity index (χ4n) is 2.98. The largest absolute Gasteiger partial charge is 0.479 e. The summed E-state index contributed by atoms with van der Waals surface area (Å²) in [6, 6.07) is 11.1. The van der Waals surface area contributed by atoms with Gasteiger partial charge < -0.3 is 4.74 Å². The van der Waals surface area contributed by atoms with Crippen molar-refractivity contribution in [1.29, 1.82) is 0 Å². The number of nitrogens with one attached hydrogen (secondary N) is 1. The lowest BCUT2D eigenvalue weighted by molar-refractivity contribution is -0.00478. The predicted octanol–water partition coefficient (Wildman–Crippen LogP) is 3.99. The molecule has 1 aliphatic rings. The molecule has 0 spiro atoms. The minimum Gasteiger partial charge on any atom is -0.479 e. The number of aliphatic imine (C=N–C) groups is 1. The summed E-state index contributed by atoms with van der Waals surface area (Å²) in [5, 5.41) is 1.04. The van der Waals surface area contributed by atoms with E-state index in [0.29, 0.717) is 33.3 Å². The Labute approximate surface area is 171 Å². The highest BCUT2D eigenvalue weighted by Crippen LogP contribution is 2.29. The van der Waals surface area contributed by atoms with E-state index in [-0.39, 0.29) is 12.1 Å². The molecule has 3 aromatic rings. The predicted molar refractivity (Wildman–Crippen MR) is 107 cm³/mol. The molecular formula is C19H17Cl2N5O2. The average Bonchev–Trinajstić information content (AvgIpc) is 3.14. The number of ether oxygens (including phenoxy) is 1. The summed E-state index contributed by atoms with van der Waals surface area (Å²) in [6.45, 7) is 1.94. The number of hydroxylamine groups is 1. The van der Waals surface area contributed by atoms with Crippen molar-refractivity contribution in [2.24, 2.45) is 4.99 Å². The van der Waals surface area contributed by atoms with Crippen molar-refractivity contribution in [3.8, 4) is 11.6 Å². The molecule has 0 unspecified atom stereocenters. The molecule has 0 fully saturated rings. The number of imidazole rings is 1. The van der Waals surface area contributed by atoms with Crippen LogP contribution in [-0.4, -0.2) is 33.6 Å². The molecular weight excluding hydrogens is 401 g/mol. The molecule has 9 heteroatoms. The molecule has 0 bridgehead atoms. The second kappa shape index (κ2) is 7.79. The first kappa shape index (κ1) is 18.7. The lowest BCUT2D eigenvalue weighted by Crippen LogP contribution is -2.38. The first-order valence-corrected chi connectivity index (χ1v) is 9.31. The Morgan fingerprint density at radius 1 is 1.21 bits per heavy atom. The third-order valence-electron chi connectivity index (χ3n) is 4.35. The second-order valence-electron chi connectivity index (χ2n) is 6.23. The minimum absolute atomic E-state index is 0.170. The Balaban J connectivity index is 1.70. The summed E-state index contributed by atoms with van der Waals surface area (Å²) in [5.41, 5.74) is 5.14. The zero-order chi connectivity index (χ0) is 19.7. The molecule has 0 saturated heterocycles. The molecule has 0 amide bonds. The van der Waals surface area contributed by atoms with E-state index in [4.69, 9.17) is 37.8 Å². The van der Waals surface area contributed by atoms with Crippen molar-refractivity contribution in [1.82, 2.24) is 20.0 Å². The standard InChI is InChI=1S/C19H17Cl2N5O2/c1-11-17(12-4-3-5-13(20)8-12)24-18(25-28-11)14-6-7-15(19(23-14)27-2)26-9-16(21)22-10-26/h3-11,17H,1-2H3,(H,24,25)/t11-,17-/m1/s1. The molecule has 28 heavy (non-hydrogen) atoms. The topological polar surface area (TPSA) is 73.6 Å². The summed E-state index contributed by atoms with van der Waals surface area (Å²) in [4.78, 5) is 19.1. The number of rotatable bonds is 4. The molecule has 2 aromatic heterocycles. The number of benzene rings is 1. The van der Waals surface area contributed by atoms with Gasteiger partial charge in [-0.3, -0.25) is 14.4 Å². The van der Waals surface area contributed by atoms with Crippen LogP contribution in [0.5, 0.6) is 5.88 Å². The number of aromatic nitrogens is 3. The molecule has 1 aliphatic heterocycles. The number of pyridine rings is 1. The Morgan fingerprint density at radius 2 is 2.07 bits per heavy atom. The molecule has 1 aromatic carbocycles. The summed E-state index contributed by atoms with van der Waals surface area (Å²) in [6.07, 6.45) is 3.10. The van der Waals surface area contributed by atoms with Crippen LogP contribution >= 0.6 is 23.2 Å². The minimum atomic E-state index is -0.213. The van der Waals surface area contributed by atoms with E-state index in [0.717, 1.165) is 5.56 Å². The summed E-state index contributed by atoms with van der Waals surface area (Å²) >= 11 is 12.0. The van der Waals surface area contributed by atoms with E-state index in [1.165, 1.54) is 0 Å². The van der Waals surface area contributed by atoms with E-state index in [1.807, 2.05) is 43.3 Å². The molecule has 3 heterocycles. The van der Waals surface area contributed by atoms with Crippen molar-refractivity contribution >= 4 is 29.0 Å². The number of nitrogens with zero attached hydrogens (tertiary/aromatic N) is 4. The lowest BCUT2D eigenvalue weighted by atomic mass is 10.0. The molecule has 4 rings (SSSR count). The van der Waals surface area contributed by atoms with Gasteiger partial charge in [-0.15, -0.1) is 0 Å². The fraction of sp³-hybridized carbons (Fsp3) is 0.211. The van der Waals surface area contributed by atoms with Crippen LogP contribution in [-0.2, 0) is 4.84 Å². The smallest absolute Gasteiger partial charge is 0.238 e. The van der Waals surface area contributed by atoms with E-state index in [9.17, 15) is 0 Å². The highest BCUT2D eigenvalue weighted by Gasteiger charge is 2.27. The summed E-state index contributed by atoms with van der Waals surface area (Å²) in [7, 11) is 1.55. The fourth-order valence-corrected chi connectivity index (χ4v) is 3.33. The molecule has 1 N–H and O–H groups in total. The molecule has 7 nitrogen and oxygen atoms in total. The average molecular weight is 418 g/mol. The monoisotopic (exact) mass is 417 g/mol. The Kier molecular flexibility index (Phi) is 5.21. The van der Waals surface area contributed by atoms with E-state index in [2.05, 4.69) is 15.4 Å². The molecule has 2 atom stereocenters. The van der Waals surface area contributed by atoms with Gasteiger partial charge in [-0.05, 0) is 36.8 Å². The molecule has 0 radical (unpaired) electrons. The summed E-state index contributed by atoms with van der Waals surface area (Å²) in [5.74, 6) is 0.922. The number of methoxy groups -OCH3 is 1. The Morgan fingerprint density at radius 3 is 2.79 bits per heavy atom. The van der Waals surface area contributed by atoms with Gasteiger partial charge >= 0.3 is 0 Å². The van der Waals surface area contributed by atoms with Crippen LogP contribution in [0.15, 0.2) is 53.9 Å². The van der Waals surface area contributed by atoms with E-state index < -0.39 is 0 Å². The normalized spacial score (nSPS) is 19.1. The van der Waals surface area contributed by atoms with Gasteiger partial charge in [0.1, 0.15) is 35.0 Å². The lowest BCUT2D eigenvalue weighted by Gasteiger charge is -2.28. The second-order valence-corrected chi connectivity index (χ2v) is 7.05. The SMILES string of the molecule is COc1nc(C2=N[C@@H](c3cccc(Cl)c3)[C@@H](C)ON2)ccc1-n1cnc(Cl)c1. The van der Waals surface area contributed by atoms with Gasteiger partial charge in [0.15, 0.2) is 5.84 Å². The van der Waals surface area contributed by atoms with Gasteiger partial charge in [-0.2, -0.15) is 0 Å². The maximum atomic E-state index is 6.13. The molecule has 0 saturated carbocycles. The van der Waals surface area contributed by atoms with Gasteiger partial charge in [0, 0.05) is 11.2 Å². The van der Waals surface area contributed by atoms with Crippen LogP contribution in [0.3, 0.4) is 0 Å². The number of hydrogen-bond donors (Lipinski definition) is 1. The number of halogens is 2. The van der Waals surface area contributed by atoms with E-state index in [1.54, 1.807) is 24.2 Å². The van der Waals surface area contributed by atoms with Crippen molar-refractivity contribution in [2.75, 3.05) is 7.11 Å².